The molecule has 2 rings (SSSR count). The fourth-order valence-corrected chi connectivity index (χ4v) is 1.81. The van der Waals surface area contributed by atoms with E-state index in [-0.39, 0.29) is 19.1 Å². The van der Waals surface area contributed by atoms with Crippen molar-refractivity contribution in [2.75, 3.05) is 39.5 Å². The lowest BCUT2D eigenvalue weighted by Gasteiger charge is -2.26. The van der Waals surface area contributed by atoms with Crippen LogP contribution in [-0.2, 0) is 4.74 Å². The highest BCUT2D eigenvalue weighted by atomic mass is 16.5. The molecule has 1 aliphatic rings. The molecule has 1 fully saturated rings. The average Bonchev–Trinajstić information content (AvgIpc) is 2.46. The second-order valence-electron chi connectivity index (χ2n) is 4.00. The summed E-state index contributed by atoms with van der Waals surface area (Å²) in [6.45, 7) is 2.72. The average molecular weight is 251 g/mol. The third kappa shape index (κ3) is 3.21. The molecule has 18 heavy (non-hydrogen) atoms. The third-order valence-electron chi connectivity index (χ3n) is 2.76. The van der Waals surface area contributed by atoms with E-state index >= 15 is 0 Å². The maximum absolute atomic E-state index is 12.1. The van der Waals surface area contributed by atoms with Gasteiger partial charge in [-0.1, -0.05) is 0 Å². The second kappa shape index (κ2) is 6.37. The van der Waals surface area contributed by atoms with Gasteiger partial charge in [0.15, 0.2) is 0 Å². The monoisotopic (exact) mass is 251 g/mol. The molecule has 5 heteroatoms. The molecule has 1 heterocycles. The quantitative estimate of drug-likeness (QED) is 0.848. The Balaban J connectivity index is 1.97. The molecule has 0 saturated carbocycles. The van der Waals surface area contributed by atoms with Gasteiger partial charge >= 0.3 is 0 Å². The summed E-state index contributed by atoms with van der Waals surface area (Å²) in [5, 5.41) is 8.64. The van der Waals surface area contributed by atoms with Crippen LogP contribution in [0.2, 0.25) is 0 Å². The van der Waals surface area contributed by atoms with Crippen LogP contribution in [0.5, 0.6) is 5.75 Å². The number of aliphatic hydroxyl groups is 1. The van der Waals surface area contributed by atoms with E-state index in [1.807, 2.05) is 0 Å². The number of hydrogen-bond donors (Lipinski definition) is 1. The SMILES string of the molecule is O=C(c1ccc(OCCO)cc1)N1CCOCC1. The van der Waals surface area contributed by atoms with Crippen molar-refractivity contribution < 1.29 is 19.4 Å². The van der Waals surface area contributed by atoms with Crippen LogP contribution in [0.4, 0.5) is 0 Å². The minimum Gasteiger partial charge on any atom is -0.491 e. The minimum absolute atomic E-state index is 0.0194. The van der Waals surface area contributed by atoms with Crippen molar-refractivity contribution in [3.63, 3.8) is 0 Å². The number of aliphatic hydroxyl groups excluding tert-OH is 1. The molecule has 1 aromatic rings. The lowest BCUT2D eigenvalue weighted by molar-refractivity contribution is 0.0303. The van der Waals surface area contributed by atoms with Crippen molar-refractivity contribution in [2.24, 2.45) is 0 Å². The van der Waals surface area contributed by atoms with Crippen LogP contribution in [0.25, 0.3) is 0 Å². The zero-order chi connectivity index (χ0) is 12.8. The van der Waals surface area contributed by atoms with Crippen LogP contribution in [0.15, 0.2) is 24.3 Å². The smallest absolute Gasteiger partial charge is 0.254 e. The van der Waals surface area contributed by atoms with E-state index < -0.39 is 0 Å². The van der Waals surface area contributed by atoms with Gasteiger partial charge in [-0.2, -0.15) is 0 Å². The Morgan fingerprint density at radius 3 is 2.56 bits per heavy atom. The van der Waals surface area contributed by atoms with Gasteiger partial charge in [-0.3, -0.25) is 4.79 Å². The van der Waals surface area contributed by atoms with E-state index in [2.05, 4.69) is 0 Å². The minimum atomic E-state index is -0.0194. The summed E-state index contributed by atoms with van der Waals surface area (Å²) >= 11 is 0. The molecular formula is C13H17NO4. The third-order valence-corrected chi connectivity index (χ3v) is 2.76. The van der Waals surface area contributed by atoms with Crippen molar-refractivity contribution in [1.29, 1.82) is 0 Å². The zero-order valence-corrected chi connectivity index (χ0v) is 10.2. The van der Waals surface area contributed by atoms with Gasteiger partial charge in [0.25, 0.3) is 5.91 Å². The maximum atomic E-state index is 12.1. The number of carbonyl (C=O) groups is 1. The van der Waals surface area contributed by atoms with E-state index in [0.29, 0.717) is 37.6 Å². The zero-order valence-electron chi connectivity index (χ0n) is 10.2. The fraction of sp³-hybridized carbons (Fsp3) is 0.462. The van der Waals surface area contributed by atoms with Crippen molar-refractivity contribution in [1.82, 2.24) is 4.90 Å². The van der Waals surface area contributed by atoms with Crippen LogP contribution in [0.1, 0.15) is 10.4 Å². The van der Waals surface area contributed by atoms with Gasteiger partial charge in [0.1, 0.15) is 12.4 Å². The number of morpholine rings is 1. The molecule has 1 aromatic carbocycles. The van der Waals surface area contributed by atoms with Crippen LogP contribution >= 0.6 is 0 Å². The molecule has 0 bridgehead atoms. The first kappa shape index (κ1) is 12.9. The first-order valence-electron chi connectivity index (χ1n) is 6.02. The lowest BCUT2D eigenvalue weighted by Crippen LogP contribution is -2.40. The predicted octanol–water partition coefficient (Wildman–Crippen LogP) is 0.530. The summed E-state index contributed by atoms with van der Waals surface area (Å²) < 4.78 is 10.5. The Morgan fingerprint density at radius 1 is 1.28 bits per heavy atom. The molecule has 0 unspecified atom stereocenters. The number of amides is 1. The number of ether oxygens (including phenoxy) is 2. The highest BCUT2D eigenvalue weighted by Crippen LogP contribution is 2.14. The van der Waals surface area contributed by atoms with Crippen molar-refractivity contribution in [3.05, 3.63) is 29.8 Å². The van der Waals surface area contributed by atoms with Gasteiger partial charge in [-0.15, -0.1) is 0 Å². The molecule has 1 amide bonds. The normalized spacial score (nSPS) is 15.5. The summed E-state index contributed by atoms with van der Waals surface area (Å²) in [6.07, 6.45) is 0. The van der Waals surface area contributed by atoms with Gasteiger partial charge in [0.05, 0.1) is 19.8 Å². The largest absolute Gasteiger partial charge is 0.491 e. The fourth-order valence-electron chi connectivity index (χ4n) is 1.81. The number of benzene rings is 1. The Kier molecular flexibility index (Phi) is 4.55. The van der Waals surface area contributed by atoms with E-state index in [9.17, 15) is 4.79 Å². The van der Waals surface area contributed by atoms with Gasteiger partial charge < -0.3 is 19.5 Å². The molecule has 98 valence electrons. The van der Waals surface area contributed by atoms with Gasteiger partial charge in [0.2, 0.25) is 0 Å². The molecule has 0 aliphatic carbocycles. The Morgan fingerprint density at radius 2 is 1.94 bits per heavy atom. The first-order chi connectivity index (χ1) is 8.81. The lowest BCUT2D eigenvalue weighted by atomic mass is 10.2. The molecule has 0 radical (unpaired) electrons. The van der Waals surface area contributed by atoms with E-state index in [1.165, 1.54) is 0 Å². The number of nitrogens with zero attached hydrogens (tertiary/aromatic N) is 1. The van der Waals surface area contributed by atoms with Crippen LogP contribution in [-0.4, -0.2) is 55.4 Å². The van der Waals surface area contributed by atoms with Crippen LogP contribution in [0, 0.1) is 0 Å². The van der Waals surface area contributed by atoms with Crippen molar-refractivity contribution in [3.8, 4) is 5.75 Å². The van der Waals surface area contributed by atoms with E-state index in [0.717, 1.165) is 0 Å². The number of rotatable bonds is 4. The topological polar surface area (TPSA) is 59.0 Å². The highest BCUT2D eigenvalue weighted by Gasteiger charge is 2.18. The molecule has 0 spiro atoms. The standard InChI is InChI=1S/C13H17NO4/c15-7-10-18-12-3-1-11(2-4-12)13(16)14-5-8-17-9-6-14/h1-4,15H,5-10H2. The van der Waals surface area contributed by atoms with Crippen LogP contribution in [0.3, 0.4) is 0 Å². The molecule has 1 N–H and O–H groups in total. The Hall–Kier alpha value is -1.59. The molecule has 0 aromatic heterocycles. The summed E-state index contributed by atoms with van der Waals surface area (Å²) in [5.74, 6) is 0.676. The molecular weight excluding hydrogens is 234 g/mol. The maximum Gasteiger partial charge on any atom is 0.254 e. The van der Waals surface area contributed by atoms with Gasteiger partial charge in [0, 0.05) is 18.7 Å². The Labute approximate surface area is 106 Å². The molecule has 0 atom stereocenters. The second-order valence-corrected chi connectivity index (χ2v) is 4.00. The summed E-state index contributed by atoms with van der Waals surface area (Å²) in [4.78, 5) is 13.9. The van der Waals surface area contributed by atoms with Crippen molar-refractivity contribution >= 4 is 5.91 Å². The number of carbonyl (C=O) groups excluding carboxylic acids is 1. The summed E-state index contributed by atoms with van der Waals surface area (Å²) in [5.41, 5.74) is 0.647. The molecule has 1 saturated heterocycles. The van der Waals surface area contributed by atoms with Gasteiger partial charge in [-0.05, 0) is 24.3 Å². The van der Waals surface area contributed by atoms with E-state index in [1.54, 1.807) is 29.2 Å². The molecule has 5 nitrogen and oxygen atoms in total. The van der Waals surface area contributed by atoms with E-state index in [4.69, 9.17) is 14.6 Å². The number of hydrogen-bond acceptors (Lipinski definition) is 4. The highest BCUT2D eigenvalue weighted by molar-refractivity contribution is 5.94. The summed E-state index contributed by atoms with van der Waals surface area (Å²) in [6, 6.07) is 6.96. The van der Waals surface area contributed by atoms with Crippen molar-refractivity contribution in [2.45, 2.75) is 0 Å². The molecule has 1 aliphatic heterocycles. The van der Waals surface area contributed by atoms with Crippen LogP contribution < -0.4 is 4.74 Å². The summed E-state index contributed by atoms with van der Waals surface area (Å²) in [7, 11) is 0. The predicted molar refractivity (Wildman–Crippen MR) is 65.7 cm³/mol. The Bertz CT molecular complexity index is 384. The van der Waals surface area contributed by atoms with Gasteiger partial charge in [-0.25, -0.2) is 0 Å². The first-order valence-corrected chi connectivity index (χ1v) is 6.02.